The molecule has 5 nitrogen and oxygen atoms in total. The second kappa shape index (κ2) is 8.29. The Morgan fingerprint density at radius 2 is 1.70 bits per heavy atom. The highest BCUT2D eigenvalue weighted by molar-refractivity contribution is 5.28. The van der Waals surface area contributed by atoms with Crippen molar-refractivity contribution in [1.29, 1.82) is 0 Å². The highest BCUT2D eigenvalue weighted by Gasteiger charge is 2.17. The highest BCUT2D eigenvalue weighted by Crippen LogP contribution is 2.23. The molecule has 0 aliphatic heterocycles. The van der Waals surface area contributed by atoms with Gasteiger partial charge in [0.1, 0.15) is 6.10 Å². The molecular weight excluding hydrogens is 254 g/mol. The van der Waals surface area contributed by atoms with E-state index in [2.05, 4.69) is 22.2 Å². The third-order valence-corrected chi connectivity index (χ3v) is 3.49. The highest BCUT2D eigenvalue weighted by atomic mass is 16.5. The molecule has 0 aromatic carbocycles. The second-order valence-electron chi connectivity index (χ2n) is 5.14. The van der Waals surface area contributed by atoms with Crippen LogP contribution in [-0.4, -0.2) is 43.9 Å². The first-order valence-electron chi connectivity index (χ1n) is 7.08. The van der Waals surface area contributed by atoms with Crippen LogP contribution in [-0.2, 0) is 9.47 Å². The topological polar surface area (TPSA) is 56.3 Å². The van der Waals surface area contributed by atoms with Crippen molar-refractivity contribution in [2.75, 3.05) is 33.9 Å². The fourth-order valence-electron chi connectivity index (χ4n) is 2.35. The number of ether oxygens (including phenoxy) is 2. The quantitative estimate of drug-likeness (QED) is 0.740. The van der Waals surface area contributed by atoms with Crippen LogP contribution in [0, 0.1) is 13.8 Å². The predicted molar refractivity (Wildman–Crippen MR) is 80.1 cm³/mol. The average Bonchev–Trinajstić information content (AvgIpc) is 2.41. The molecule has 2 unspecified atom stereocenters. The molecule has 1 aromatic heterocycles. The minimum absolute atomic E-state index is 0.0726. The second-order valence-corrected chi connectivity index (χ2v) is 5.14. The van der Waals surface area contributed by atoms with Crippen molar-refractivity contribution in [1.82, 2.24) is 15.3 Å². The standard InChI is InChI=1S/C15H27N3O2/c1-10(9-16-7-8-19-5)14-11(2)17-15(13(4)20-6)18-12(14)3/h10,13,16H,7-9H2,1-6H3. The van der Waals surface area contributed by atoms with Gasteiger partial charge in [-0.3, -0.25) is 0 Å². The van der Waals surface area contributed by atoms with E-state index < -0.39 is 0 Å². The Morgan fingerprint density at radius 3 is 2.20 bits per heavy atom. The molecule has 0 amide bonds. The Kier molecular flexibility index (Phi) is 7.05. The molecule has 5 heteroatoms. The number of aryl methyl sites for hydroxylation is 2. The summed E-state index contributed by atoms with van der Waals surface area (Å²) in [5.41, 5.74) is 3.30. The van der Waals surface area contributed by atoms with Gasteiger partial charge in [-0.15, -0.1) is 0 Å². The third-order valence-electron chi connectivity index (χ3n) is 3.49. The molecule has 0 spiro atoms. The summed E-state index contributed by atoms with van der Waals surface area (Å²) in [6.07, 6.45) is -0.0726. The van der Waals surface area contributed by atoms with Crippen LogP contribution in [0.2, 0.25) is 0 Å². The van der Waals surface area contributed by atoms with Gasteiger partial charge < -0.3 is 14.8 Å². The fourth-order valence-corrected chi connectivity index (χ4v) is 2.35. The van der Waals surface area contributed by atoms with Gasteiger partial charge in [0.15, 0.2) is 5.82 Å². The van der Waals surface area contributed by atoms with Gasteiger partial charge in [0.05, 0.1) is 6.61 Å². The van der Waals surface area contributed by atoms with Crippen molar-refractivity contribution >= 4 is 0 Å². The maximum Gasteiger partial charge on any atom is 0.157 e. The normalized spacial score (nSPS) is 14.3. The van der Waals surface area contributed by atoms with E-state index in [0.29, 0.717) is 5.92 Å². The summed E-state index contributed by atoms with van der Waals surface area (Å²) in [5, 5.41) is 3.38. The maximum absolute atomic E-state index is 5.29. The van der Waals surface area contributed by atoms with E-state index in [-0.39, 0.29) is 6.10 Å². The number of nitrogens with zero attached hydrogens (tertiary/aromatic N) is 2. The summed E-state index contributed by atoms with van der Waals surface area (Å²) in [6.45, 7) is 10.7. The molecule has 0 aliphatic carbocycles. The summed E-state index contributed by atoms with van der Waals surface area (Å²) in [6, 6.07) is 0. The summed E-state index contributed by atoms with van der Waals surface area (Å²) >= 11 is 0. The van der Waals surface area contributed by atoms with Crippen LogP contribution in [0.1, 0.15) is 48.6 Å². The van der Waals surface area contributed by atoms with E-state index in [4.69, 9.17) is 9.47 Å². The van der Waals surface area contributed by atoms with E-state index in [1.54, 1.807) is 14.2 Å². The summed E-state index contributed by atoms with van der Waals surface area (Å²) in [5.74, 6) is 1.13. The number of nitrogens with one attached hydrogen (secondary N) is 1. The lowest BCUT2D eigenvalue weighted by molar-refractivity contribution is 0.111. The number of hydrogen-bond donors (Lipinski definition) is 1. The van der Waals surface area contributed by atoms with Crippen LogP contribution in [0.15, 0.2) is 0 Å². The van der Waals surface area contributed by atoms with Gasteiger partial charge in [0.2, 0.25) is 0 Å². The molecule has 0 bridgehead atoms. The minimum Gasteiger partial charge on any atom is -0.383 e. The van der Waals surface area contributed by atoms with Crippen molar-refractivity contribution in [3.63, 3.8) is 0 Å². The fraction of sp³-hybridized carbons (Fsp3) is 0.733. The van der Waals surface area contributed by atoms with Gasteiger partial charge in [-0.25, -0.2) is 9.97 Å². The van der Waals surface area contributed by atoms with Gasteiger partial charge >= 0.3 is 0 Å². The van der Waals surface area contributed by atoms with E-state index in [1.807, 2.05) is 20.8 Å². The first kappa shape index (κ1) is 17.0. The Balaban J connectivity index is 2.79. The zero-order chi connectivity index (χ0) is 15.1. The Hall–Kier alpha value is -1.04. The van der Waals surface area contributed by atoms with Gasteiger partial charge in [0.25, 0.3) is 0 Å². The lowest BCUT2D eigenvalue weighted by Crippen LogP contribution is -2.25. The van der Waals surface area contributed by atoms with E-state index in [0.717, 1.165) is 36.9 Å². The summed E-state index contributed by atoms with van der Waals surface area (Å²) < 4.78 is 10.3. The SMILES string of the molecule is COCCNCC(C)c1c(C)nc(C(C)OC)nc1C. The third kappa shape index (κ3) is 4.51. The Bertz CT molecular complexity index is 401. The Morgan fingerprint density at radius 1 is 1.10 bits per heavy atom. The van der Waals surface area contributed by atoms with Crippen LogP contribution in [0.25, 0.3) is 0 Å². The van der Waals surface area contributed by atoms with Crippen molar-refractivity contribution in [2.24, 2.45) is 0 Å². The van der Waals surface area contributed by atoms with Crippen molar-refractivity contribution < 1.29 is 9.47 Å². The molecule has 0 fully saturated rings. The Labute approximate surface area is 122 Å². The molecule has 0 saturated carbocycles. The predicted octanol–water partition coefficient (Wildman–Crippen LogP) is 2.14. The molecule has 0 aliphatic rings. The summed E-state index contributed by atoms with van der Waals surface area (Å²) in [7, 11) is 3.39. The number of rotatable bonds is 8. The molecule has 20 heavy (non-hydrogen) atoms. The first-order valence-corrected chi connectivity index (χ1v) is 7.08. The van der Waals surface area contributed by atoms with E-state index in [1.165, 1.54) is 5.56 Å². The number of hydrogen-bond acceptors (Lipinski definition) is 5. The molecule has 0 radical (unpaired) electrons. The van der Waals surface area contributed by atoms with Crippen molar-refractivity contribution in [3.05, 3.63) is 22.8 Å². The average molecular weight is 281 g/mol. The van der Waals surface area contributed by atoms with Gasteiger partial charge in [-0.05, 0) is 32.3 Å². The lowest BCUT2D eigenvalue weighted by Gasteiger charge is -2.19. The van der Waals surface area contributed by atoms with Crippen LogP contribution in [0.4, 0.5) is 0 Å². The molecule has 1 heterocycles. The van der Waals surface area contributed by atoms with Crippen molar-refractivity contribution in [2.45, 2.75) is 39.7 Å². The smallest absolute Gasteiger partial charge is 0.157 e. The first-order chi connectivity index (χ1) is 9.51. The number of methoxy groups -OCH3 is 2. The maximum atomic E-state index is 5.29. The molecule has 1 rings (SSSR count). The molecule has 0 saturated heterocycles. The van der Waals surface area contributed by atoms with E-state index in [9.17, 15) is 0 Å². The molecule has 1 aromatic rings. The van der Waals surface area contributed by atoms with Gasteiger partial charge in [-0.2, -0.15) is 0 Å². The monoisotopic (exact) mass is 281 g/mol. The molecule has 2 atom stereocenters. The molecule has 1 N–H and O–H groups in total. The van der Waals surface area contributed by atoms with E-state index >= 15 is 0 Å². The largest absolute Gasteiger partial charge is 0.383 e. The van der Waals surface area contributed by atoms with Crippen LogP contribution >= 0.6 is 0 Å². The lowest BCUT2D eigenvalue weighted by atomic mass is 9.98. The summed E-state index contributed by atoms with van der Waals surface area (Å²) in [4.78, 5) is 9.16. The minimum atomic E-state index is -0.0726. The van der Waals surface area contributed by atoms with Crippen LogP contribution < -0.4 is 5.32 Å². The van der Waals surface area contributed by atoms with Gasteiger partial charge in [0, 0.05) is 38.7 Å². The van der Waals surface area contributed by atoms with Gasteiger partial charge in [-0.1, -0.05) is 6.92 Å². The van der Waals surface area contributed by atoms with Crippen LogP contribution in [0.3, 0.4) is 0 Å². The zero-order valence-electron chi connectivity index (χ0n) is 13.5. The van der Waals surface area contributed by atoms with Crippen molar-refractivity contribution in [3.8, 4) is 0 Å². The number of aromatic nitrogens is 2. The molecular formula is C15H27N3O2. The zero-order valence-corrected chi connectivity index (χ0v) is 13.5. The van der Waals surface area contributed by atoms with Crippen LogP contribution in [0.5, 0.6) is 0 Å². The molecule has 114 valence electrons.